The van der Waals surface area contributed by atoms with Crippen molar-refractivity contribution in [2.24, 2.45) is 5.73 Å². The fourth-order valence-corrected chi connectivity index (χ4v) is 1.40. The molecule has 0 saturated carbocycles. The molecule has 0 aliphatic rings. The number of benzene rings is 1. The second kappa shape index (κ2) is 6.93. The Balaban J connectivity index is 0.00000289. The van der Waals surface area contributed by atoms with Crippen LogP contribution in [0.5, 0.6) is 0 Å². The number of nitrogens with two attached hydrogens (primary N) is 1. The van der Waals surface area contributed by atoms with Gasteiger partial charge in [0.2, 0.25) is 5.91 Å². The average molecular weight is 274 g/mol. The van der Waals surface area contributed by atoms with Crippen LogP contribution in [0.4, 0.5) is 5.69 Å². The van der Waals surface area contributed by atoms with Gasteiger partial charge in [0.1, 0.15) is 0 Å². The molecule has 1 amide bonds. The molecule has 0 radical (unpaired) electrons. The predicted octanol–water partition coefficient (Wildman–Crippen LogP) is 1.29. The Morgan fingerprint density at radius 1 is 1.56 bits per heavy atom. The van der Waals surface area contributed by atoms with Gasteiger partial charge in [-0.15, -0.1) is 12.4 Å². The zero-order chi connectivity index (χ0) is 13.0. The highest BCUT2D eigenvalue weighted by Gasteiger charge is 2.14. The summed E-state index contributed by atoms with van der Waals surface area (Å²) >= 11 is 0. The number of carbonyl (C=O) groups is 1. The van der Waals surface area contributed by atoms with Crippen LogP contribution in [0.15, 0.2) is 18.2 Å². The number of nitrogens with one attached hydrogen (secondary N) is 1. The number of carbonyl (C=O) groups excluding carboxylic acids is 1. The van der Waals surface area contributed by atoms with Gasteiger partial charge >= 0.3 is 0 Å². The van der Waals surface area contributed by atoms with Gasteiger partial charge in [-0.3, -0.25) is 14.9 Å². The quantitative estimate of drug-likeness (QED) is 0.638. The highest BCUT2D eigenvalue weighted by Crippen LogP contribution is 2.20. The summed E-state index contributed by atoms with van der Waals surface area (Å²) in [6.07, 6.45) is 0. The van der Waals surface area contributed by atoms with Gasteiger partial charge in [-0.25, -0.2) is 0 Å². The Morgan fingerprint density at radius 3 is 2.67 bits per heavy atom. The minimum absolute atomic E-state index is 0. The Hall–Kier alpha value is -1.66. The molecular weight excluding hydrogens is 258 g/mol. The van der Waals surface area contributed by atoms with Gasteiger partial charge in [0.05, 0.1) is 11.0 Å². The third-order valence-electron chi connectivity index (χ3n) is 2.48. The van der Waals surface area contributed by atoms with Gasteiger partial charge in [-0.2, -0.15) is 0 Å². The predicted molar refractivity (Wildman–Crippen MR) is 70.6 cm³/mol. The minimum Gasteiger partial charge on any atom is -0.351 e. The molecule has 0 spiro atoms. The van der Waals surface area contributed by atoms with E-state index in [-0.39, 0.29) is 30.5 Å². The van der Waals surface area contributed by atoms with E-state index in [4.69, 9.17) is 5.73 Å². The maximum absolute atomic E-state index is 11.3. The fourth-order valence-electron chi connectivity index (χ4n) is 1.40. The van der Waals surface area contributed by atoms with Crippen molar-refractivity contribution in [3.05, 3.63) is 39.4 Å². The molecule has 0 saturated heterocycles. The molecule has 6 nitrogen and oxygen atoms in total. The molecule has 7 heteroatoms. The summed E-state index contributed by atoms with van der Waals surface area (Å²) in [4.78, 5) is 21.6. The second-order valence-corrected chi connectivity index (χ2v) is 3.82. The lowest BCUT2D eigenvalue weighted by Gasteiger charge is -2.09. The lowest BCUT2D eigenvalue weighted by molar-refractivity contribution is -0.385. The molecule has 1 rings (SSSR count). The SMILES string of the molecule is Cc1c(CNC(=O)[C@@H](C)N)cccc1[N+](=O)[O-].Cl. The maximum atomic E-state index is 11.3. The van der Waals surface area contributed by atoms with E-state index < -0.39 is 11.0 Å². The van der Waals surface area contributed by atoms with Crippen LogP contribution < -0.4 is 11.1 Å². The van der Waals surface area contributed by atoms with Crippen molar-refractivity contribution in [2.75, 3.05) is 0 Å². The van der Waals surface area contributed by atoms with Crippen molar-refractivity contribution >= 4 is 24.0 Å². The molecule has 0 aromatic heterocycles. The van der Waals surface area contributed by atoms with Gasteiger partial charge in [0.15, 0.2) is 0 Å². The van der Waals surface area contributed by atoms with E-state index in [1.165, 1.54) is 6.07 Å². The summed E-state index contributed by atoms with van der Waals surface area (Å²) in [6, 6.07) is 4.18. The molecule has 1 aromatic carbocycles. The highest BCUT2D eigenvalue weighted by molar-refractivity contribution is 5.85. The molecule has 0 heterocycles. The summed E-state index contributed by atoms with van der Waals surface area (Å²) in [5, 5.41) is 13.3. The summed E-state index contributed by atoms with van der Waals surface area (Å²) in [5.41, 5.74) is 6.72. The van der Waals surface area contributed by atoms with Crippen molar-refractivity contribution in [3.63, 3.8) is 0 Å². The van der Waals surface area contributed by atoms with Gasteiger partial charge in [-0.05, 0) is 19.4 Å². The Bertz CT molecular complexity index is 449. The molecule has 0 aliphatic carbocycles. The maximum Gasteiger partial charge on any atom is 0.272 e. The topological polar surface area (TPSA) is 98.3 Å². The van der Waals surface area contributed by atoms with E-state index in [0.29, 0.717) is 11.1 Å². The molecule has 0 aliphatic heterocycles. The monoisotopic (exact) mass is 273 g/mol. The van der Waals surface area contributed by atoms with Crippen LogP contribution in [0, 0.1) is 17.0 Å². The lowest BCUT2D eigenvalue weighted by Crippen LogP contribution is -2.37. The van der Waals surface area contributed by atoms with Gasteiger partial charge < -0.3 is 11.1 Å². The molecule has 1 aromatic rings. The van der Waals surface area contributed by atoms with E-state index >= 15 is 0 Å². The molecule has 0 unspecified atom stereocenters. The second-order valence-electron chi connectivity index (χ2n) is 3.82. The number of hydrogen-bond donors (Lipinski definition) is 2. The number of halogens is 1. The van der Waals surface area contributed by atoms with Crippen LogP contribution in [-0.2, 0) is 11.3 Å². The normalized spacial score (nSPS) is 11.3. The number of rotatable bonds is 4. The molecule has 0 fully saturated rings. The van der Waals surface area contributed by atoms with Crippen LogP contribution in [0.25, 0.3) is 0 Å². The molecule has 100 valence electrons. The number of nitro groups is 1. The summed E-state index contributed by atoms with van der Waals surface area (Å²) in [5.74, 6) is -0.282. The average Bonchev–Trinajstić information content (AvgIpc) is 2.26. The minimum atomic E-state index is -0.589. The molecule has 1 atom stereocenters. The van der Waals surface area contributed by atoms with Crippen LogP contribution >= 0.6 is 12.4 Å². The van der Waals surface area contributed by atoms with Crippen LogP contribution in [0.2, 0.25) is 0 Å². The molecular formula is C11H16ClN3O3. The number of hydrogen-bond acceptors (Lipinski definition) is 4. The van der Waals surface area contributed by atoms with Crippen molar-refractivity contribution in [2.45, 2.75) is 26.4 Å². The van der Waals surface area contributed by atoms with E-state index in [1.807, 2.05) is 0 Å². The first-order chi connectivity index (χ1) is 7.93. The van der Waals surface area contributed by atoms with E-state index in [1.54, 1.807) is 26.0 Å². The third-order valence-corrected chi connectivity index (χ3v) is 2.48. The first-order valence-electron chi connectivity index (χ1n) is 5.19. The molecule has 0 bridgehead atoms. The van der Waals surface area contributed by atoms with Crippen molar-refractivity contribution in [1.29, 1.82) is 0 Å². The van der Waals surface area contributed by atoms with Crippen LogP contribution in [-0.4, -0.2) is 16.9 Å². The number of nitro benzene ring substituents is 1. The van der Waals surface area contributed by atoms with Crippen LogP contribution in [0.1, 0.15) is 18.1 Å². The fraction of sp³-hybridized carbons (Fsp3) is 0.364. The van der Waals surface area contributed by atoms with Crippen molar-refractivity contribution in [1.82, 2.24) is 5.32 Å². The first-order valence-corrected chi connectivity index (χ1v) is 5.19. The highest BCUT2D eigenvalue weighted by atomic mass is 35.5. The van der Waals surface area contributed by atoms with E-state index in [2.05, 4.69) is 5.32 Å². The lowest BCUT2D eigenvalue weighted by atomic mass is 10.1. The van der Waals surface area contributed by atoms with E-state index in [0.717, 1.165) is 0 Å². The van der Waals surface area contributed by atoms with Gasteiger partial charge in [-0.1, -0.05) is 12.1 Å². The van der Waals surface area contributed by atoms with Gasteiger partial charge in [0.25, 0.3) is 5.69 Å². The summed E-state index contributed by atoms with van der Waals surface area (Å²) in [6.45, 7) is 3.48. The smallest absolute Gasteiger partial charge is 0.272 e. The summed E-state index contributed by atoms with van der Waals surface area (Å²) < 4.78 is 0. The standard InChI is InChI=1S/C11H15N3O3.ClH/c1-7-9(6-13-11(15)8(2)12)4-3-5-10(7)14(16)17;/h3-5,8H,6,12H2,1-2H3,(H,13,15);1H/t8-;/m1./s1. The van der Waals surface area contributed by atoms with Crippen LogP contribution in [0.3, 0.4) is 0 Å². The molecule has 3 N–H and O–H groups in total. The van der Waals surface area contributed by atoms with Gasteiger partial charge in [0, 0.05) is 18.2 Å². The van der Waals surface area contributed by atoms with E-state index in [9.17, 15) is 14.9 Å². The Labute approximate surface area is 111 Å². The van der Waals surface area contributed by atoms with Crippen molar-refractivity contribution in [3.8, 4) is 0 Å². The zero-order valence-electron chi connectivity index (χ0n) is 10.2. The third kappa shape index (κ3) is 3.97. The number of nitrogens with zero attached hydrogens (tertiary/aromatic N) is 1. The zero-order valence-corrected chi connectivity index (χ0v) is 11.0. The largest absolute Gasteiger partial charge is 0.351 e. The Morgan fingerprint density at radius 2 is 2.17 bits per heavy atom. The number of amides is 1. The van der Waals surface area contributed by atoms with Crippen molar-refractivity contribution < 1.29 is 9.72 Å². The molecule has 18 heavy (non-hydrogen) atoms. The Kier molecular flexibility index (Phi) is 6.29. The first kappa shape index (κ1) is 16.3. The summed E-state index contributed by atoms with van der Waals surface area (Å²) in [7, 11) is 0.